The summed E-state index contributed by atoms with van der Waals surface area (Å²) in [5, 5.41) is 0.879. The van der Waals surface area contributed by atoms with Crippen molar-refractivity contribution in [2.75, 3.05) is 0 Å². The summed E-state index contributed by atoms with van der Waals surface area (Å²) in [5.74, 6) is 4.04. The van der Waals surface area contributed by atoms with Crippen molar-refractivity contribution in [3.8, 4) is 12.3 Å². The van der Waals surface area contributed by atoms with Crippen molar-refractivity contribution in [2.45, 2.75) is 32.1 Å². The van der Waals surface area contributed by atoms with Crippen molar-refractivity contribution in [2.24, 2.45) is 17.8 Å². The van der Waals surface area contributed by atoms with Gasteiger partial charge in [-0.2, -0.15) is 0 Å². The molecule has 0 unspecified atom stereocenters. The zero-order chi connectivity index (χ0) is 21.4. The summed E-state index contributed by atoms with van der Waals surface area (Å²) in [6.07, 6.45) is 15.2. The Bertz CT molecular complexity index is 1220. The van der Waals surface area contributed by atoms with E-state index < -0.39 is 0 Å². The molecule has 0 radical (unpaired) electrons. The van der Waals surface area contributed by atoms with Gasteiger partial charge in [-0.15, -0.1) is 6.42 Å². The van der Waals surface area contributed by atoms with Gasteiger partial charge in [-0.3, -0.25) is 14.8 Å². The molecule has 5 rings (SSSR count). The number of rotatable bonds is 5. The number of allylic oxidation sites excluding steroid dienone is 2. The third-order valence-corrected chi connectivity index (χ3v) is 6.68. The van der Waals surface area contributed by atoms with E-state index in [0.29, 0.717) is 30.6 Å². The minimum atomic E-state index is -0.234. The smallest absolute Gasteiger partial charge is 0.139 e. The molecule has 1 aromatic carbocycles. The van der Waals surface area contributed by atoms with E-state index in [2.05, 4.69) is 22.0 Å². The third kappa shape index (κ3) is 4.01. The molecule has 2 heterocycles. The molecule has 0 bridgehead atoms. The number of aromatic nitrogens is 2. The van der Waals surface area contributed by atoms with Crippen LogP contribution in [-0.2, 0) is 11.2 Å². The van der Waals surface area contributed by atoms with E-state index in [1.54, 1.807) is 24.5 Å². The summed E-state index contributed by atoms with van der Waals surface area (Å²) in [6, 6.07) is 10.4. The van der Waals surface area contributed by atoms with Crippen LogP contribution in [0.2, 0.25) is 0 Å². The lowest BCUT2D eigenvalue weighted by atomic mass is 9.93. The number of hydrogen-bond donors (Lipinski definition) is 0. The van der Waals surface area contributed by atoms with E-state index >= 15 is 0 Å². The maximum Gasteiger partial charge on any atom is 0.139 e. The Labute approximate surface area is 181 Å². The van der Waals surface area contributed by atoms with Crippen LogP contribution in [0.1, 0.15) is 42.5 Å². The quantitative estimate of drug-likeness (QED) is 0.530. The summed E-state index contributed by atoms with van der Waals surface area (Å²) in [6.45, 7) is 0. The number of benzene rings is 1. The van der Waals surface area contributed by atoms with Crippen LogP contribution in [0.5, 0.6) is 0 Å². The second-order valence-corrected chi connectivity index (χ2v) is 8.78. The van der Waals surface area contributed by atoms with Gasteiger partial charge < -0.3 is 0 Å². The molecule has 0 N–H and O–H groups in total. The molecule has 2 aliphatic carbocycles. The molecule has 154 valence electrons. The number of fused-ring (bicyclic) bond motifs is 2. The average molecular weight is 410 g/mol. The number of carbonyl (C=O) groups is 1. The maximum absolute atomic E-state index is 13.8. The van der Waals surface area contributed by atoms with Crippen LogP contribution in [-0.4, -0.2) is 15.8 Å². The molecule has 1 fully saturated rings. The van der Waals surface area contributed by atoms with E-state index in [4.69, 9.17) is 6.42 Å². The van der Waals surface area contributed by atoms with Crippen LogP contribution in [0.15, 0.2) is 54.9 Å². The SMILES string of the molecule is C#Cc1ccc(CC(=O)C[C@@H]2C[C@@H]3CC(c4ccnc5ccc(F)cc45)=C[C@@H]3C2)nc1. The number of nitrogens with zero attached hydrogens (tertiary/aromatic N) is 2. The van der Waals surface area contributed by atoms with Gasteiger partial charge in [0, 0.05) is 41.9 Å². The molecule has 2 aromatic heterocycles. The first kappa shape index (κ1) is 19.6. The highest BCUT2D eigenvalue weighted by Gasteiger charge is 2.38. The van der Waals surface area contributed by atoms with Gasteiger partial charge in [0.1, 0.15) is 11.6 Å². The van der Waals surface area contributed by atoms with Crippen LogP contribution < -0.4 is 0 Å². The predicted octanol–water partition coefficient (Wildman–Crippen LogP) is 5.38. The summed E-state index contributed by atoms with van der Waals surface area (Å²) in [5.41, 5.74) is 4.71. The highest BCUT2D eigenvalue weighted by atomic mass is 19.1. The second-order valence-electron chi connectivity index (χ2n) is 8.78. The van der Waals surface area contributed by atoms with Crippen molar-refractivity contribution in [1.29, 1.82) is 0 Å². The Morgan fingerprint density at radius 1 is 1.16 bits per heavy atom. The van der Waals surface area contributed by atoms with E-state index in [1.165, 1.54) is 11.6 Å². The molecule has 0 saturated heterocycles. The monoisotopic (exact) mass is 410 g/mol. The van der Waals surface area contributed by atoms with Crippen LogP contribution in [0.25, 0.3) is 16.5 Å². The lowest BCUT2D eigenvalue weighted by Gasteiger charge is -2.12. The molecular weight excluding hydrogens is 387 g/mol. The molecule has 4 heteroatoms. The largest absolute Gasteiger partial charge is 0.299 e. The zero-order valence-electron chi connectivity index (χ0n) is 17.2. The van der Waals surface area contributed by atoms with Gasteiger partial charge in [-0.25, -0.2) is 4.39 Å². The molecule has 3 nitrogen and oxygen atoms in total. The number of ketones is 1. The molecule has 2 aliphatic rings. The lowest BCUT2D eigenvalue weighted by molar-refractivity contribution is -0.119. The fourth-order valence-corrected chi connectivity index (χ4v) is 5.30. The fourth-order valence-electron chi connectivity index (χ4n) is 5.30. The van der Waals surface area contributed by atoms with E-state index in [-0.39, 0.29) is 11.6 Å². The zero-order valence-corrected chi connectivity index (χ0v) is 17.2. The molecule has 0 spiro atoms. The molecule has 3 atom stereocenters. The van der Waals surface area contributed by atoms with Gasteiger partial charge in [0.2, 0.25) is 0 Å². The first-order valence-corrected chi connectivity index (χ1v) is 10.8. The van der Waals surface area contributed by atoms with Crippen LogP contribution in [0, 0.1) is 35.9 Å². The topological polar surface area (TPSA) is 42.9 Å². The number of halogens is 1. The Hall–Kier alpha value is -3.32. The minimum Gasteiger partial charge on any atom is -0.299 e. The van der Waals surface area contributed by atoms with Gasteiger partial charge in [-0.05, 0) is 84.6 Å². The first-order chi connectivity index (χ1) is 15.1. The van der Waals surface area contributed by atoms with Gasteiger partial charge in [0.15, 0.2) is 0 Å². The standard InChI is InChI=1S/C27H23FN2O/c1-2-17-3-5-23(30-16-17)15-24(31)11-18-9-19-12-21(13-20(19)10-18)25-7-8-29-27-6-4-22(28)14-26(25)27/h1,3-8,12,14,16,18-20H,9-11,13,15H2/t18-,19-,20+/m0/s1. The summed E-state index contributed by atoms with van der Waals surface area (Å²) >= 11 is 0. The van der Waals surface area contributed by atoms with Gasteiger partial charge in [-0.1, -0.05) is 12.0 Å². The highest BCUT2D eigenvalue weighted by Crippen LogP contribution is 2.49. The number of carbonyl (C=O) groups excluding carboxylic acids is 1. The maximum atomic E-state index is 13.8. The second kappa shape index (κ2) is 8.07. The molecule has 0 aliphatic heterocycles. The molecule has 31 heavy (non-hydrogen) atoms. The van der Waals surface area contributed by atoms with Crippen molar-refractivity contribution in [3.05, 3.63) is 77.5 Å². The normalized spacial score (nSPS) is 22.2. The lowest BCUT2D eigenvalue weighted by Crippen LogP contribution is -2.10. The van der Waals surface area contributed by atoms with Crippen molar-refractivity contribution >= 4 is 22.3 Å². The van der Waals surface area contributed by atoms with Crippen molar-refractivity contribution in [3.63, 3.8) is 0 Å². The van der Waals surface area contributed by atoms with Gasteiger partial charge >= 0.3 is 0 Å². The molecular formula is C27H23FN2O. The van der Waals surface area contributed by atoms with Gasteiger partial charge in [0.25, 0.3) is 0 Å². The third-order valence-electron chi connectivity index (χ3n) is 6.68. The van der Waals surface area contributed by atoms with Gasteiger partial charge in [0.05, 0.1) is 5.52 Å². The van der Waals surface area contributed by atoms with E-state index in [9.17, 15) is 9.18 Å². The number of Topliss-reactive ketones (excluding diaryl/α,β-unsaturated/α-hetero) is 1. The van der Waals surface area contributed by atoms with Crippen LogP contribution >= 0.6 is 0 Å². The number of pyridine rings is 2. The number of terminal acetylenes is 1. The Morgan fingerprint density at radius 3 is 2.84 bits per heavy atom. The Kier molecular flexibility index (Phi) is 5.11. The minimum absolute atomic E-state index is 0.234. The molecule has 1 saturated carbocycles. The molecule has 0 amide bonds. The van der Waals surface area contributed by atoms with Crippen LogP contribution in [0.3, 0.4) is 0 Å². The van der Waals surface area contributed by atoms with Crippen molar-refractivity contribution in [1.82, 2.24) is 9.97 Å². The average Bonchev–Trinajstić information content (AvgIpc) is 3.32. The van der Waals surface area contributed by atoms with Crippen LogP contribution in [0.4, 0.5) is 4.39 Å². The number of hydrogen-bond acceptors (Lipinski definition) is 3. The summed E-state index contributed by atoms with van der Waals surface area (Å²) in [7, 11) is 0. The van der Waals surface area contributed by atoms with Crippen molar-refractivity contribution < 1.29 is 9.18 Å². The van der Waals surface area contributed by atoms with E-state index in [0.717, 1.165) is 47.0 Å². The molecule has 3 aromatic rings. The highest BCUT2D eigenvalue weighted by molar-refractivity contribution is 5.92. The first-order valence-electron chi connectivity index (χ1n) is 10.8. The fraction of sp³-hybridized carbons (Fsp3) is 0.296. The Balaban J connectivity index is 1.24. The summed E-state index contributed by atoms with van der Waals surface area (Å²) in [4.78, 5) is 21.2. The van der Waals surface area contributed by atoms with E-state index in [1.807, 2.05) is 18.2 Å². The Morgan fingerprint density at radius 2 is 2.06 bits per heavy atom. The predicted molar refractivity (Wildman–Crippen MR) is 119 cm³/mol. The summed E-state index contributed by atoms with van der Waals surface area (Å²) < 4.78 is 13.8.